The molecule has 0 aliphatic rings. The number of benzene rings is 1. The minimum atomic E-state index is -0.572. The predicted molar refractivity (Wildman–Crippen MR) is 71.5 cm³/mol. The Morgan fingerprint density at radius 2 is 1.90 bits per heavy atom. The summed E-state index contributed by atoms with van der Waals surface area (Å²) < 4.78 is 0. The van der Waals surface area contributed by atoms with Gasteiger partial charge in [0, 0.05) is 11.1 Å². The zero-order valence-corrected chi connectivity index (χ0v) is 11.5. The minimum Gasteiger partial charge on any atom is -0.366 e. The molecule has 3 N–H and O–H groups in total. The van der Waals surface area contributed by atoms with Crippen molar-refractivity contribution in [2.45, 2.75) is 26.3 Å². The molecule has 0 saturated carbocycles. The van der Waals surface area contributed by atoms with Crippen molar-refractivity contribution in [1.82, 2.24) is 20.3 Å². The second-order valence-electron chi connectivity index (χ2n) is 5.29. The number of rotatable bonds is 3. The van der Waals surface area contributed by atoms with Crippen LogP contribution in [0.2, 0.25) is 0 Å². The van der Waals surface area contributed by atoms with Crippen molar-refractivity contribution in [1.29, 1.82) is 0 Å². The molecule has 2 aromatic rings. The predicted octanol–water partition coefficient (Wildman–Crippen LogP) is 0.565. The van der Waals surface area contributed by atoms with Crippen LogP contribution in [-0.4, -0.2) is 37.0 Å². The van der Waals surface area contributed by atoms with Crippen molar-refractivity contribution in [3.05, 3.63) is 29.8 Å². The first-order valence-corrected chi connectivity index (χ1v) is 5.98. The van der Waals surface area contributed by atoms with Crippen LogP contribution in [0.5, 0.6) is 0 Å². The van der Waals surface area contributed by atoms with E-state index in [1.54, 1.807) is 24.3 Å². The lowest BCUT2D eigenvalue weighted by Gasteiger charge is -2.30. The molecule has 1 heterocycles. The summed E-state index contributed by atoms with van der Waals surface area (Å²) in [7, 11) is 0. The third kappa shape index (κ3) is 2.59. The second kappa shape index (κ2) is 4.89. The Kier molecular flexibility index (Phi) is 3.41. The molecular formula is C12H16N6O2. The van der Waals surface area contributed by atoms with Gasteiger partial charge in [-0.2, -0.15) is 5.17 Å². The average Bonchev–Trinajstić information content (AvgIpc) is 2.85. The molecule has 0 spiro atoms. The molecule has 8 heteroatoms. The Bertz CT molecular complexity index is 614. The number of nitrogens with two attached hydrogens (primary N) is 1. The summed E-state index contributed by atoms with van der Waals surface area (Å²) in [6.45, 7) is 5.44. The number of hydrogen-bond acceptors (Lipinski definition) is 6. The van der Waals surface area contributed by atoms with Crippen LogP contribution < -0.4 is 10.9 Å². The molecule has 20 heavy (non-hydrogen) atoms. The largest absolute Gasteiger partial charge is 0.366 e. The zero-order valence-electron chi connectivity index (χ0n) is 11.5. The van der Waals surface area contributed by atoms with Crippen LogP contribution in [0, 0.1) is 0 Å². The van der Waals surface area contributed by atoms with E-state index in [4.69, 9.17) is 5.73 Å². The number of amides is 1. The Labute approximate surface area is 115 Å². The van der Waals surface area contributed by atoms with Crippen molar-refractivity contribution in [2.75, 3.05) is 5.17 Å². The number of aromatic nitrogens is 4. The van der Waals surface area contributed by atoms with Gasteiger partial charge in [0.1, 0.15) is 0 Å². The maximum absolute atomic E-state index is 11.0. The highest BCUT2D eigenvalue weighted by molar-refractivity contribution is 5.93. The Morgan fingerprint density at radius 3 is 2.40 bits per heavy atom. The van der Waals surface area contributed by atoms with Gasteiger partial charge in [-0.1, -0.05) is 12.1 Å². The van der Waals surface area contributed by atoms with E-state index in [9.17, 15) is 10.0 Å². The molecule has 1 amide bonds. The summed E-state index contributed by atoms with van der Waals surface area (Å²) in [4.78, 5) is 12.2. The van der Waals surface area contributed by atoms with Gasteiger partial charge in [0.05, 0.1) is 5.54 Å². The van der Waals surface area contributed by atoms with Gasteiger partial charge in [0.15, 0.2) is 0 Å². The lowest BCUT2D eigenvalue weighted by atomic mass is 10.1. The first-order chi connectivity index (χ1) is 9.30. The van der Waals surface area contributed by atoms with Crippen LogP contribution >= 0.6 is 0 Å². The second-order valence-corrected chi connectivity index (χ2v) is 5.29. The van der Waals surface area contributed by atoms with E-state index in [1.165, 1.54) is 4.79 Å². The van der Waals surface area contributed by atoms with Crippen LogP contribution in [-0.2, 0) is 0 Å². The monoisotopic (exact) mass is 276 g/mol. The van der Waals surface area contributed by atoms with Gasteiger partial charge in [0.2, 0.25) is 11.7 Å². The Morgan fingerprint density at radius 1 is 1.30 bits per heavy atom. The van der Waals surface area contributed by atoms with Crippen molar-refractivity contribution in [3.8, 4) is 11.4 Å². The van der Waals surface area contributed by atoms with Gasteiger partial charge >= 0.3 is 0 Å². The fourth-order valence-electron chi connectivity index (χ4n) is 1.55. The Balaban J connectivity index is 2.39. The summed E-state index contributed by atoms with van der Waals surface area (Å²) in [5.41, 5.74) is 5.66. The number of nitrogens with zero attached hydrogens (tertiary/aromatic N) is 5. The molecule has 0 radical (unpaired) electrons. The molecule has 0 fully saturated rings. The van der Waals surface area contributed by atoms with Gasteiger partial charge in [0.25, 0.3) is 0 Å². The fourth-order valence-corrected chi connectivity index (χ4v) is 1.55. The van der Waals surface area contributed by atoms with Crippen molar-refractivity contribution >= 4 is 5.91 Å². The van der Waals surface area contributed by atoms with Gasteiger partial charge < -0.3 is 5.73 Å². The number of primary amides is 1. The maximum atomic E-state index is 11.0. The third-order valence-corrected chi connectivity index (χ3v) is 2.66. The normalized spacial score (nSPS) is 11.4. The summed E-state index contributed by atoms with van der Waals surface area (Å²) >= 11 is 0. The van der Waals surface area contributed by atoms with E-state index in [-0.39, 0.29) is 0 Å². The van der Waals surface area contributed by atoms with E-state index in [0.717, 1.165) is 5.17 Å². The maximum Gasteiger partial charge on any atom is 0.248 e. The number of hydroxylamine groups is 1. The highest BCUT2D eigenvalue weighted by Gasteiger charge is 2.24. The third-order valence-electron chi connectivity index (χ3n) is 2.66. The highest BCUT2D eigenvalue weighted by atomic mass is 16.6. The van der Waals surface area contributed by atoms with Gasteiger partial charge in [-0.15, -0.1) is 9.89 Å². The van der Waals surface area contributed by atoms with Crippen molar-refractivity contribution < 1.29 is 10.0 Å². The molecule has 8 nitrogen and oxygen atoms in total. The van der Waals surface area contributed by atoms with E-state index in [1.807, 2.05) is 20.8 Å². The van der Waals surface area contributed by atoms with Gasteiger partial charge in [-0.05, 0) is 43.3 Å². The number of carbonyl (C=O) groups is 1. The average molecular weight is 276 g/mol. The van der Waals surface area contributed by atoms with Gasteiger partial charge in [-0.3, -0.25) is 10.0 Å². The fraction of sp³-hybridized carbons (Fsp3) is 0.333. The minimum absolute atomic E-state index is 0.360. The van der Waals surface area contributed by atoms with Crippen LogP contribution in [0.4, 0.5) is 0 Å². The number of carbonyl (C=O) groups excluding carboxylic acids is 1. The van der Waals surface area contributed by atoms with Crippen molar-refractivity contribution in [3.63, 3.8) is 0 Å². The molecule has 106 valence electrons. The van der Waals surface area contributed by atoms with Crippen LogP contribution in [0.25, 0.3) is 11.4 Å². The lowest BCUT2D eigenvalue weighted by molar-refractivity contribution is 0.0922. The smallest absolute Gasteiger partial charge is 0.248 e. The highest BCUT2D eigenvalue weighted by Crippen LogP contribution is 2.19. The van der Waals surface area contributed by atoms with E-state index >= 15 is 0 Å². The van der Waals surface area contributed by atoms with E-state index in [2.05, 4.69) is 15.5 Å². The molecule has 0 bridgehead atoms. The first kappa shape index (κ1) is 13.9. The van der Waals surface area contributed by atoms with Gasteiger partial charge in [-0.25, -0.2) is 0 Å². The molecule has 0 atom stereocenters. The first-order valence-electron chi connectivity index (χ1n) is 5.98. The molecule has 0 aliphatic heterocycles. The van der Waals surface area contributed by atoms with Crippen LogP contribution in [0.1, 0.15) is 31.1 Å². The van der Waals surface area contributed by atoms with Crippen LogP contribution in [0.3, 0.4) is 0 Å². The molecule has 2 rings (SSSR count). The number of hydrogen-bond donors (Lipinski definition) is 2. The van der Waals surface area contributed by atoms with E-state index < -0.39 is 11.4 Å². The summed E-state index contributed by atoms with van der Waals surface area (Å²) in [5.74, 6) is -0.145. The molecule has 1 aromatic carbocycles. The lowest BCUT2D eigenvalue weighted by Crippen LogP contribution is -2.47. The SMILES string of the molecule is CC(C)(C)N(O)n1nnnc1-c1ccc(C(N)=O)cc1. The summed E-state index contributed by atoms with van der Waals surface area (Å²) in [6, 6.07) is 6.49. The molecule has 0 saturated heterocycles. The summed E-state index contributed by atoms with van der Waals surface area (Å²) in [5, 5.41) is 22.2. The molecule has 1 aromatic heterocycles. The molecule has 0 aliphatic carbocycles. The van der Waals surface area contributed by atoms with E-state index in [0.29, 0.717) is 17.0 Å². The van der Waals surface area contributed by atoms with Crippen LogP contribution in [0.15, 0.2) is 24.3 Å². The topological polar surface area (TPSA) is 110 Å². The Hall–Kier alpha value is -2.48. The zero-order chi connectivity index (χ0) is 14.9. The molecule has 0 unspecified atom stereocenters. The summed E-state index contributed by atoms with van der Waals surface area (Å²) in [6.07, 6.45) is 0. The molecular weight excluding hydrogens is 260 g/mol. The number of tetrazole rings is 1. The van der Waals surface area contributed by atoms with Crippen molar-refractivity contribution in [2.24, 2.45) is 5.73 Å². The standard InChI is InChI=1S/C12H16N6O2/c1-12(2,3)18(20)17-11(14-15-16-17)9-6-4-8(5-7-9)10(13)19/h4-7,20H,1-3H3,(H2,13,19). The quantitative estimate of drug-likeness (QED) is 0.793.